The van der Waals surface area contributed by atoms with Crippen molar-refractivity contribution in [1.82, 2.24) is 16.2 Å². The zero-order valence-corrected chi connectivity index (χ0v) is 23.2. The third-order valence-corrected chi connectivity index (χ3v) is 6.30. The van der Waals surface area contributed by atoms with Gasteiger partial charge in [0.1, 0.15) is 18.0 Å². The Kier molecular flexibility index (Phi) is 9.15. The van der Waals surface area contributed by atoms with Gasteiger partial charge in [0, 0.05) is 24.7 Å². The molecule has 41 heavy (non-hydrogen) atoms. The molecule has 5 N–H and O–H groups in total. The molecule has 2 aromatic rings. The van der Waals surface area contributed by atoms with Crippen LogP contribution in [0.1, 0.15) is 61.5 Å². The number of carbonyl (C=O) groups is 3. The Morgan fingerprint density at radius 3 is 2.51 bits per heavy atom. The largest absolute Gasteiger partial charge is 0.464 e. The smallest absolute Gasteiger partial charge is 0.423 e. The molecule has 2 aromatic carbocycles. The molecule has 1 heterocycles. The zero-order valence-electron chi connectivity index (χ0n) is 23.2. The summed E-state index contributed by atoms with van der Waals surface area (Å²) in [6, 6.07) is 10.2. The molecule has 13 heteroatoms. The topological polar surface area (TPSA) is 154 Å². The number of rotatable bonds is 9. The second kappa shape index (κ2) is 12.7. The monoisotopic (exact) mass is 570 g/mol. The van der Waals surface area contributed by atoms with E-state index >= 15 is 4.39 Å². The lowest BCUT2D eigenvalue weighted by molar-refractivity contribution is 0.0508. The molecule has 2 aliphatic rings. The third kappa shape index (κ3) is 8.47. The molecule has 1 saturated carbocycles. The highest BCUT2D eigenvalue weighted by molar-refractivity contribution is 6.07. The number of benzene rings is 2. The van der Waals surface area contributed by atoms with Crippen molar-refractivity contribution in [3.05, 3.63) is 58.9 Å². The minimum absolute atomic E-state index is 0.0600. The van der Waals surface area contributed by atoms with Gasteiger partial charge in [0.15, 0.2) is 0 Å². The lowest BCUT2D eigenvalue weighted by Gasteiger charge is -2.26. The van der Waals surface area contributed by atoms with Crippen LogP contribution in [0.25, 0.3) is 0 Å². The van der Waals surface area contributed by atoms with Crippen molar-refractivity contribution in [2.45, 2.75) is 64.3 Å². The van der Waals surface area contributed by atoms with Crippen LogP contribution in [0.15, 0.2) is 41.6 Å². The Morgan fingerprint density at radius 2 is 1.85 bits per heavy atom. The molecule has 1 saturated heterocycles. The fourth-order valence-electron chi connectivity index (χ4n) is 4.38. The molecule has 4 rings (SSSR count). The summed E-state index contributed by atoms with van der Waals surface area (Å²) >= 11 is 0. The molecule has 3 amide bonds. The number of amides is 3. The Hall–Kier alpha value is -4.55. The van der Waals surface area contributed by atoms with E-state index in [0.29, 0.717) is 18.7 Å². The van der Waals surface area contributed by atoms with Gasteiger partial charge in [-0.25, -0.2) is 19.4 Å². The van der Waals surface area contributed by atoms with Gasteiger partial charge in [0.2, 0.25) is 0 Å². The first-order chi connectivity index (χ1) is 19.5. The number of hydrogen-bond acceptors (Lipinski definition) is 8. The average molecular weight is 571 g/mol. The number of alkyl carbamates (subject to hydrolysis) is 1. The van der Waals surface area contributed by atoms with Gasteiger partial charge in [0.05, 0.1) is 29.2 Å². The molecular weight excluding hydrogens is 535 g/mol. The van der Waals surface area contributed by atoms with Crippen molar-refractivity contribution in [3.8, 4) is 0 Å². The van der Waals surface area contributed by atoms with Crippen molar-refractivity contribution >= 4 is 35.7 Å². The molecule has 0 spiro atoms. The maximum absolute atomic E-state index is 15.8. The van der Waals surface area contributed by atoms with Crippen molar-refractivity contribution in [1.29, 1.82) is 0 Å². The van der Waals surface area contributed by atoms with Gasteiger partial charge >= 0.3 is 12.2 Å². The van der Waals surface area contributed by atoms with E-state index in [1.165, 1.54) is 6.21 Å². The first kappa shape index (κ1) is 29.4. The van der Waals surface area contributed by atoms with Crippen LogP contribution in [0.2, 0.25) is 0 Å². The molecule has 1 aliphatic heterocycles. The summed E-state index contributed by atoms with van der Waals surface area (Å²) in [5, 5.41) is 19.1. The number of halogens is 1. The number of hydrogen-bond donors (Lipinski definition) is 5. The summed E-state index contributed by atoms with van der Waals surface area (Å²) in [4.78, 5) is 43.5. The van der Waals surface area contributed by atoms with Gasteiger partial charge in [-0.1, -0.05) is 35.5 Å². The lowest BCUT2D eigenvalue weighted by Crippen LogP contribution is -2.41. The minimum Gasteiger partial charge on any atom is -0.464 e. The van der Waals surface area contributed by atoms with Crippen molar-refractivity contribution in [3.63, 3.8) is 0 Å². The molecule has 1 aliphatic carbocycles. The van der Waals surface area contributed by atoms with Gasteiger partial charge in [-0.3, -0.25) is 10.2 Å². The number of ether oxygens (including phenoxy) is 1. The first-order valence-corrected chi connectivity index (χ1v) is 13.4. The number of nitrogens with one attached hydrogen (secondary N) is 4. The van der Waals surface area contributed by atoms with E-state index < -0.39 is 29.5 Å². The molecule has 2 fully saturated rings. The van der Waals surface area contributed by atoms with E-state index in [4.69, 9.17) is 14.7 Å². The predicted molar refractivity (Wildman–Crippen MR) is 150 cm³/mol. The summed E-state index contributed by atoms with van der Waals surface area (Å²) in [5.74, 6) is -1.55. The molecule has 1 unspecified atom stereocenters. The number of hydrazine groups is 1. The van der Waals surface area contributed by atoms with E-state index in [2.05, 4.69) is 21.2 Å². The second-order valence-electron chi connectivity index (χ2n) is 10.9. The number of oxime groups is 1. The molecule has 12 nitrogen and oxygen atoms in total. The fourth-order valence-corrected chi connectivity index (χ4v) is 4.38. The van der Waals surface area contributed by atoms with Gasteiger partial charge in [-0.15, -0.1) is 0 Å². The first-order valence-electron chi connectivity index (χ1n) is 13.4. The molecule has 0 aromatic heterocycles. The Morgan fingerprint density at radius 1 is 1.12 bits per heavy atom. The van der Waals surface area contributed by atoms with Crippen LogP contribution in [0.4, 0.5) is 25.4 Å². The molecule has 0 radical (unpaired) electrons. The lowest BCUT2D eigenvalue weighted by atomic mass is 10.0. The third-order valence-electron chi connectivity index (χ3n) is 6.30. The van der Waals surface area contributed by atoms with E-state index in [-0.39, 0.29) is 42.0 Å². The minimum atomic E-state index is -1.47. The van der Waals surface area contributed by atoms with Gasteiger partial charge in [-0.05, 0) is 51.7 Å². The van der Waals surface area contributed by atoms with Crippen LogP contribution in [0.5, 0.6) is 0 Å². The normalized spacial score (nSPS) is 16.8. The summed E-state index contributed by atoms with van der Waals surface area (Å²) < 4.78 is 21.2. The summed E-state index contributed by atoms with van der Waals surface area (Å²) in [6.45, 7) is 6.19. The highest BCUT2D eigenvalue weighted by Crippen LogP contribution is 2.37. The van der Waals surface area contributed by atoms with Gasteiger partial charge < -0.3 is 30.2 Å². The van der Waals surface area contributed by atoms with Crippen LogP contribution < -0.4 is 26.4 Å². The van der Waals surface area contributed by atoms with E-state index in [9.17, 15) is 14.4 Å². The number of nitrogens with zero attached hydrogens (tertiary/aromatic N) is 2. The number of carbonyl (C=O) groups excluding carboxylic acids is 2. The second-order valence-corrected chi connectivity index (χ2v) is 10.9. The molecule has 220 valence electrons. The zero-order chi connectivity index (χ0) is 29.6. The fraction of sp³-hybridized carbons (Fsp3) is 0.429. The van der Waals surface area contributed by atoms with Crippen molar-refractivity contribution in [2.24, 2.45) is 5.16 Å². The van der Waals surface area contributed by atoms with Crippen LogP contribution >= 0.6 is 0 Å². The quantitative estimate of drug-likeness (QED) is 0.224. The highest BCUT2D eigenvalue weighted by Gasteiger charge is 2.33. The maximum atomic E-state index is 15.8. The van der Waals surface area contributed by atoms with Crippen molar-refractivity contribution in [2.75, 3.05) is 23.3 Å². The maximum Gasteiger partial charge on any atom is 0.423 e. The average Bonchev–Trinajstić information content (AvgIpc) is 3.61. The van der Waals surface area contributed by atoms with Crippen LogP contribution in [-0.2, 0) is 16.2 Å². The SMILES string of the molecule is CC(C)(C)OC(=O)NC1CCN(c2c(F)cc(C(=O)NNC(=O)O)c(NC3CC3)c2C=NOCc2ccccc2)C1. The standard InChI is InChI=1S/C28H35FN6O6/c1-28(2,3)41-27(39)32-19-11-12-35(15-19)24-21(14-30-40-16-17-7-5-4-6-8-17)23(31-18-9-10-18)20(13-22(24)29)25(36)33-34-26(37)38/h4-8,13-14,18-19,31,34H,9-12,15-16H2,1-3H3,(H,32,39)(H,33,36)(H,37,38). The Balaban J connectivity index is 1.65. The number of anilines is 2. The molecule has 0 bridgehead atoms. The summed E-state index contributed by atoms with van der Waals surface area (Å²) in [6.07, 6.45) is 1.57. The van der Waals surface area contributed by atoms with Crippen LogP contribution in [-0.4, -0.2) is 60.2 Å². The predicted octanol–water partition coefficient (Wildman–Crippen LogP) is 3.97. The van der Waals surface area contributed by atoms with E-state index in [1.807, 2.05) is 30.3 Å². The van der Waals surface area contributed by atoms with Crippen LogP contribution in [0, 0.1) is 5.82 Å². The molecular formula is C28H35FN6O6. The van der Waals surface area contributed by atoms with E-state index in [1.54, 1.807) is 31.1 Å². The molecule has 1 atom stereocenters. The number of carboxylic acid groups (broad SMARTS) is 1. The Labute approximate surface area is 237 Å². The van der Waals surface area contributed by atoms with Gasteiger partial charge in [-0.2, -0.15) is 0 Å². The van der Waals surface area contributed by atoms with Gasteiger partial charge in [0.25, 0.3) is 5.91 Å². The summed E-state index contributed by atoms with van der Waals surface area (Å²) in [7, 11) is 0. The van der Waals surface area contributed by atoms with Crippen molar-refractivity contribution < 1.29 is 33.5 Å². The highest BCUT2D eigenvalue weighted by atomic mass is 19.1. The summed E-state index contributed by atoms with van der Waals surface area (Å²) in [5.41, 5.74) is 4.74. The van der Waals surface area contributed by atoms with E-state index in [0.717, 1.165) is 24.5 Å². The van der Waals surface area contributed by atoms with Crippen LogP contribution in [0.3, 0.4) is 0 Å². The Bertz CT molecular complexity index is 1300.